The molecule has 6 nitrogen and oxygen atoms in total. The van der Waals surface area contributed by atoms with E-state index in [1.807, 2.05) is 18.2 Å². The van der Waals surface area contributed by atoms with Crippen molar-refractivity contribution in [2.75, 3.05) is 25.5 Å². The lowest BCUT2D eigenvalue weighted by atomic mass is 9.83. The lowest BCUT2D eigenvalue weighted by Gasteiger charge is -2.34. The van der Waals surface area contributed by atoms with Crippen LogP contribution in [0, 0.1) is 11.8 Å². The van der Waals surface area contributed by atoms with Crippen molar-refractivity contribution in [1.29, 1.82) is 0 Å². The second-order valence-electron chi connectivity index (χ2n) is 8.77. The average molecular weight is 419 g/mol. The molecule has 1 aromatic heterocycles. The third kappa shape index (κ3) is 5.20. The number of likely N-dealkylation sites (tertiary alicyclic amines) is 1. The van der Waals surface area contributed by atoms with Gasteiger partial charge in [0.2, 0.25) is 5.91 Å². The third-order valence-electron chi connectivity index (χ3n) is 6.37. The van der Waals surface area contributed by atoms with Crippen LogP contribution in [0.1, 0.15) is 25.3 Å². The highest BCUT2D eigenvalue weighted by Crippen LogP contribution is 2.27. The summed E-state index contributed by atoms with van der Waals surface area (Å²) in [5.74, 6) is 1.28. The van der Waals surface area contributed by atoms with E-state index in [1.165, 1.54) is 42.4 Å². The van der Waals surface area contributed by atoms with E-state index in [0.717, 1.165) is 23.9 Å². The maximum Gasteiger partial charge on any atom is 0.261 e. The molecule has 0 bridgehead atoms. The van der Waals surface area contributed by atoms with Crippen molar-refractivity contribution >= 4 is 22.5 Å². The summed E-state index contributed by atoms with van der Waals surface area (Å²) in [6, 6.07) is 15.2. The van der Waals surface area contributed by atoms with Crippen molar-refractivity contribution in [2.45, 2.75) is 32.7 Å². The zero-order valence-electron chi connectivity index (χ0n) is 18.3. The summed E-state index contributed by atoms with van der Waals surface area (Å²) in [6.07, 6.45) is 4.97. The summed E-state index contributed by atoms with van der Waals surface area (Å²) in [4.78, 5) is 31.7. The van der Waals surface area contributed by atoms with Gasteiger partial charge in [-0.1, -0.05) is 31.2 Å². The molecule has 0 radical (unpaired) electrons. The van der Waals surface area contributed by atoms with E-state index in [9.17, 15) is 9.59 Å². The van der Waals surface area contributed by atoms with Gasteiger partial charge in [-0.3, -0.25) is 14.2 Å². The standard InChI is InChI=1S/C25H30N4O2/c1-18-15-28(2)14-13-20(18)10-7-19-8-11-21(12-9-19)27-24(30)16-29-17-26-23-6-4-3-5-22(23)25(29)31/h3-6,8-9,11-12,17-18,20H,7,10,13-16H2,1-2H3,(H,27,30)/t18-,20-/m0/s1. The first-order chi connectivity index (χ1) is 15.0. The van der Waals surface area contributed by atoms with Crippen LogP contribution >= 0.6 is 0 Å². The molecule has 0 unspecified atom stereocenters. The summed E-state index contributed by atoms with van der Waals surface area (Å²) in [5, 5.41) is 3.39. The number of aryl methyl sites for hydroxylation is 1. The Bertz CT molecular complexity index is 1110. The number of fused-ring (bicyclic) bond motifs is 1. The first kappa shape index (κ1) is 21.2. The van der Waals surface area contributed by atoms with Gasteiger partial charge in [0.25, 0.3) is 5.56 Å². The van der Waals surface area contributed by atoms with Gasteiger partial charge in [0.15, 0.2) is 0 Å². The first-order valence-electron chi connectivity index (χ1n) is 11.0. The molecule has 4 rings (SSSR count). The number of nitrogens with zero attached hydrogens (tertiary/aromatic N) is 3. The largest absolute Gasteiger partial charge is 0.325 e. The number of para-hydroxylation sites is 1. The van der Waals surface area contributed by atoms with Crippen LogP contribution in [-0.4, -0.2) is 40.5 Å². The number of benzene rings is 2. The number of rotatable bonds is 6. The fourth-order valence-corrected chi connectivity index (χ4v) is 4.51. The van der Waals surface area contributed by atoms with Gasteiger partial charge in [-0.15, -0.1) is 0 Å². The van der Waals surface area contributed by atoms with E-state index in [0.29, 0.717) is 10.9 Å². The molecule has 1 saturated heterocycles. The molecule has 0 aliphatic carbocycles. The van der Waals surface area contributed by atoms with E-state index in [1.54, 1.807) is 18.2 Å². The molecule has 1 aliphatic rings. The third-order valence-corrected chi connectivity index (χ3v) is 6.37. The number of nitrogens with one attached hydrogen (secondary N) is 1. The fraction of sp³-hybridized carbons (Fsp3) is 0.400. The first-order valence-corrected chi connectivity index (χ1v) is 11.0. The Morgan fingerprint density at radius 1 is 1.16 bits per heavy atom. The van der Waals surface area contributed by atoms with Gasteiger partial charge in [-0.05, 0) is 74.5 Å². The smallest absolute Gasteiger partial charge is 0.261 e. The fourth-order valence-electron chi connectivity index (χ4n) is 4.51. The molecule has 1 N–H and O–H groups in total. The molecule has 3 aromatic rings. The molecule has 162 valence electrons. The molecule has 6 heteroatoms. The van der Waals surface area contributed by atoms with Crippen LogP contribution < -0.4 is 10.9 Å². The molecule has 1 fully saturated rings. The molecular weight excluding hydrogens is 388 g/mol. The Morgan fingerprint density at radius 2 is 1.94 bits per heavy atom. The Balaban J connectivity index is 1.32. The number of hydrogen-bond acceptors (Lipinski definition) is 4. The lowest BCUT2D eigenvalue weighted by molar-refractivity contribution is -0.116. The second-order valence-corrected chi connectivity index (χ2v) is 8.77. The van der Waals surface area contributed by atoms with Gasteiger partial charge in [0.1, 0.15) is 6.54 Å². The summed E-state index contributed by atoms with van der Waals surface area (Å²) in [7, 11) is 2.20. The zero-order chi connectivity index (χ0) is 21.8. The van der Waals surface area contributed by atoms with E-state index in [-0.39, 0.29) is 18.0 Å². The minimum absolute atomic E-state index is 0.0631. The summed E-state index contributed by atoms with van der Waals surface area (Å²) in [6.45, 7) is 4.67. The predicted molar refractivity (Wildman–Crippen MR) is 124 cm³/mol. The molecule has 2 atom stereocenters. The van der Waals surface area contributed by atoms with Gasteiger partial charge in [-0.25, -0.2) is 4.98 Å². The second kappa shape index (κ2) is 9.43. The van der Waals surface area contributed by atoms with Crippen molar-refractivity contribution in [3.63, 3.8) is 0 Å². The molecule has 31 heavy (non-hydrogen) atoms. The maximum absolute atomic E-state index is 12.5. The maximum atomic E-state index is 12.5. The molecule has 0 spiro atoms. The number of carbonyl (C=O) groups excluding carboxylic acids is 1. The Labute approximate surface area is 182 Å². The zero-order valence-corrected chi connectivity index (χ0v) is 18.3. The SMILES string of the molecule is C[C@H]1CN(C)CC[C@@H]1CCc1ccc(NC(=O)Cn2cnc3ccccc3c2=O)cc1. The molecule has 0 saturated carbocycles. The summed E-state index contributed by atoms with van der Waals surface area (Å²) in [5.41, 5.74) is 2.45. The Kier molecular flexibility index (Phi) is 6.47. The van der Waals surface area contributed by atoms with Crippen LogP contribution in [0.25, 0.3) is 10.9 Å². The van der Waals surface area contributed by atoms with Crippen LogP contribution in [0.15, 0.2) is 59.7 Å². The van der Waals surface area contributed by atoms with E-state index in [4.69, 9.17) is 0 Å². The molecule has 1 amide bonds. The number of hydrogen-bond donors (Lipinski definition) is 1. The van der Waals surface area contributed by atoms with E-state index >= 15 is 0 Å². The van der Waals surface area contributed by atoms with Crippen LogP contribution in [0.2, 0.25) is 0 Å². The highest BCUT2D eigenvalue weighted by Gasteiger charge is 2.23. The number of carbonyl (C=O) groups is 1. The Hall–Kier alpha value is -2.99. The van der Waals surface area contributed by atoms with Crippen molar-refractivity contribution in [1.82, 2.24) is 14.5 Å². The quantitative estimate of drug-likeness (QED) is 0.665. The van der Waals surface area contributed by atoms with Crippen LogP contribution in [0.3, 0.4) is 0 Å². The van der Waals surface area contributed by atoms with Crippen molar-refractivity contribution in [3.8, 4) is 0 Å². The summed E-state index contributed by atoms with van der Waals surface area (Å²) < 4.78 is 1.34. The number of aromatic nitrogens is 2. The molecule has 1 aliphatic heterocycles. The lowest BCUT2D eigenvalue weighted by Crippen LogP contribution is -2.36. The number of amides is 1. The van der Waals surface area contributed by atoms with E-state index < -0.39 is 0 Å². The summed E-state index contributed by atoms with van der Waals surface area (Å²) >= 11 is 0. The van der Waals surface area contributed by atoms with Gasteiger partial charge in [-0.2, -0.15) is 0 Å². The highest BCUT2D eigenvalue weighted by molar-refractivity contribution is 5.90. The minimum Gasteiger partial charge on any atom is -0.325 e. The van der Waals surface area contributed by atoms with Gasteiger partial charge in [0, 0.05) is 12.2 Å². The Morgan fingerprint density at radius 3 is 2.71 bits per heavy atom. The van der Waals surface area contributed by atoms with Crippen molar-refractivity contribution in [2.24, 2.45) is 11.8 Å². The van der Waals surface area contributed by atoms with Gasteiger partial charge < -0.3 is 10.2 Å². The number of anilines is 1. The van der Waals surface area contributed by atoms with Crippen LogP contribution in [0.5, 0.6) is 0 Å². The monoisotopic (exact) mass is 418 g/mol. The predicted octanol–water partition coefficient (Wildman–Crippen LogP) is 3.56. The van der Waals surface area contributed by atoms with Crippen molar-refractivity contribution < 1.29 is 4.79 Å². The minimum atomic E-state index is -0.243. The average Bonchev–Trinajstić information content (AvgIpc) is 2.76. The topological polar surface area (TPSA) is 67.2 Å². The van der Waals surface area contributed by atoms with E-state index in [2.05, 4.69) is 41.3 Å². The normalized spacial score (nSPS) is 19.4. The van der Waals surface area contributed by atoms with Crippen molar-refractivity contribution in [3.05, 3.63) is 70.8 Å². The van der Waals surface area contributed by atoms with Gasteiger partial charge in [0.05, 0.1) is 17.2 Å². The van der Waals surface area contributed by atoms with Gasteiger partial charge >= 0.3 is 0 Å². The molecule has 2 aromatic carbocycles. The van der Waals surface area contributed by atoms with Crippen LogP contribution in [-0.2, 0) is 17.8 Å². The molecule has 2 heterocycles. The van der Waals surface area contributed by atoms with Crippen LogP contribution in [0.4, 0.5) is 5.69 Å². The number of piperidine rings is 1. The highest BCUT2D eigenvalue weighted by atomic mass is 16.2. The molecular formula is C25H30N4O2.